The lowest BCUT2D eigenvalue weighted by Gasteiger charge is -2.22. The monoisotopic (exact) mass is 410 g/mol. The van der Waals surface area contributed by atoms with Crippen LogP contribution in [0.2, 0.25) is 5.02 Å². The van der Waals surface area contributed by atoms with Gasteiger partial charge in [0, 0.05) is 5.69 Å². The molecular formula is C22H19ClN2O2S. The Kier molecular flexibility index (Phi) is 6.63. The molecular weight excluding hydrogens is 392 g/mol. The summed E-state index contributed by atoms with van der Waals surface area (Å²) < 4.78 is 4.76. The third-order valence-corrected chi connectivity index (χ3v) is 4.72. The molecule has 0 radical (unpaired) electrons. The van der Waals surface area contributed by atoms with Crippen molar-refractivity contribution in [1.29, 1.82) is 0 Å². The van der Waals surface area contributed by atoms with E-state index in [-0.39, 0.29) is 11.6 Å². The molecule has 0 aliphatic heterocycles. The van der Waals surface area contributed by atoms with Crippen LogP contribution in [-0.2, 0) is 4.74 Å². The molecule has 0 atom stereocenters. The maximum Gasteiger partial charge on any atom is 0.339 e. The van der Waals surface area contributed by atoms with E-state index in [0.717, 1.165) is 11.1 Å². The Morgan fingerprint density at radius 3 is 2.07 bits per heavy atom. The van der Waals surface area contributed by atoms with Gasteiger partial charge in [0.25, 0.3) is 0 Å². The van der Waals surface area contributed by atoms with Crippen LogP contribution in [0.25, 0.3) is 0 Å². The van der Waals surface area contributed by atoms with E-state index in [0.29, 0.717) is 15.8 Å². The second-order valence-electron chi connectivity index (χ2n) is 6.04. The van der Waals surface area contributed by atoms with E-state index in [9.17, 15) is 4.79 Å². The van der Waals surface area contributed by atoms with Gasteiger partial charge in [-0.1, -0.05) is 72.3 Å². The molecule has 0 unspecified atom stereocenters. The summed E-state index contributed by atoms with van der Waals surface area (Å²) in [6.07, 6.45) is 0. The second-order valence-corrected chi connectivity index (χ2v) is 6.85. The summed E-state index contributed by atoms with van der Waals surface area (Å²) in [6, 6.07) is 25.0. The van der Waals surface area contributed by atoms with Gasteiger partial charge in [-0.25, -0.2) is 4.79 Å². The van der Waals surface area contributed by atoms with Crippen LogP contribution >= 0.6 is 23.8 Å². The van der Waals surface area contributed by atoms with Crippen molar-refractivity contribution in [1.82, 2.24) is 5.32 Å². The molecule has 0 amide bonds. The molecule has 3 aromatic carbocycles. The average Bonchev–Trinajstić information content (AvgIpc) is 2.74. The number of nitrogens with one attached hydrogen (secondary N) is 2. The highest BCUT2D eigenvalue weighted by molar-refractivity contribution is 7.80. The summed E-state index contributed by atoms with van der Waals surface area (Å²) in [5.74, 6) is -0.501. The third kappa shape index (κ3) is 4.88. The number of rotatable bonds is 5. The van der Waals surface area contributed by atoms with Crippen LogP contribution in [0.5, 0.6) is 0 Å². The molecule has 4 nitrogen and oxygen atoms in total. The Morgan fingerprint density at radius 1 is 0.964 bits per heavy atom. The predicted octanol–water partition coefficient (Wildman–Crippen LogP) is 5.20. The van der Waals surface area contributed by atoms with E-state index in [1.165, 1.54) is 7.11 Å². The Morgan fingerprint density at radius 2 is 1.54 bits per heavy atom. The van der Waals surface area contributed by atoms with Gasteiger partial charge in [-0.2, -0.15) is 0 Å². The molecule has 2 N–H and O–H groups in total. The summed E-state index contributed by atoms with van der Waals surface area (Å²) in [5, 5.41) is 7.21. The van der Waals surface area contributed by atoms with Crippen molar-refractivity contribution in [3.05, 3.63) is 101 Å². The van der Waals surface area contributed by atoms with E-state index in [4.69, 9.17) is 28.6 Å². The number of esters is 1. The largest absolute Gasteiger partial charge is 0.465 e. The molecule has 0 aliphatic rings. The summed E-state index contributed by atoms with van der Waals surface area (Å²) in [6.45, 7) is 0. The van der Waals surface area contributed by atoms with E-state index in [1.54, 1.807) is 18.2 Å². The molecule has 0 heterocycles. The lowest BCUT2D eigenvalue weighted by atomic mass is 9.99. The van der Waals surface area contributed by atoms with Crippen molar-refractivity contribution in [3.8, 4) is 0 Å². The Bertz CT molecular complexity index is 925. The van der Waals surface area contributed by atoms with Gasteiger partial charge in [-0.05, 0) is 41.5 Å². The lowest BCUT2D eigenvalue weighted by Crippen LogP contribution is -2.33. The number of carbonyl (C=O) groups excluding carboxylic acids is 1. The minimum Gasteiger partial charge on any atom is -0.465 e. The van der Waals surface area contributed by atoms with Crippen molar-refractivity contribution >= 4 is 40.6 Å². The molecule has 0 aromatic heterocycles. The number of benzene rings is 3. The van der Waals surface area contributed by atoms with Crippen molar-refractivity contribution in [2.24, 2.45) is 0 Å². The molecule has 0 fully saturated rings. The number of carbonyl (C=O) groups is 1. The van der Waals surface area contributed by atoms with E-state index < -0.39 is 5.97 Å². The zero-order valence-electron chi connectivity index (χ0n) is 15.2. The van der Waals surface area contributed by atoms with Crippen molar-refractivity contribution in [3.63, 3.8) is 0 Å². The van der Waals surface area contributed by atoms with Gasteiger partial charge >= 0.3 is 5.97 Å². The Balaban J connectivity index is 1.81. The van der Waals surface area contributed by atoms with Gasteiger partial charge in [0.05, 0.1) is 23.7 Å². The van der Waals surface area contributed by atoms with Gasteiger partial charge in [-0.3, -0.25) is 0 Å². The third-order valence-electron chi connectivity index (χ3n) is 4.17. The van der Waals surface area contributed by atoms with E-state index >= 15 is 0 Å². The number of hydrogen-bond acceptors (Lipinski definition) is 3. The van der Waals surface area contributed by atoms with Crippen LogP contribution in [0.4, 0.5) is 5.69 Å². The quantitative estimate of drug-likeness (QED) is 0.447. The highest BCUT2D eigenvalue weighted by atomic mass is 35.5. The smallest absolute Gasteiger partial charge is 0.339 e. The van der Waals surface area contributed by atoms with Crippen molar-refractivity contribution in [2.75, 3.05) is 12.4 Å². The highest BCUT2D eigenvalue weighted by Gasteiger charge is 2.16. The summed E-state index contributed by atoms with van der Waals surface area (Å²) >= 11 is 11.6. The Hall–Kier alpha value is -2.89. The van der Waals surface area contributed by atoms with Crippen molar-refractivity contribution in [2.45, 2.75) is 6.04 Å². The number of hydrogen-bond donors (Lipinski definition) is 2. The standard InChI is InChI=1S/C22H19ClN2O2S/c1-27-21(26)18-14-17(12-13-19(18)23)24-22(28)25-20(15-8-4-2-5-9-15)16-10-6-3-7-11-16/h2-14,20H,1H3,(H2,24,25,28). The maximum atomic E-state index is 11.8. The number of ether oxygens (including phenoxy) is 1. The maximum absolute atomic E-state index is 11.8. The van der Waals surface area contributed by atoms with Gasteiger partial charge in [0.1, 0.15) is 0 Å². The molecule has 28 heavy (non-hydrogen) atoms. The summed E-state index contributed by atoms with van der Waals surface area (Å²) in [4.78, 5) is 11.8. The van der Waals surface area contributed by atoms with Crippen molar-refractivity contribution < 1.29 is 9.53 Å². The number of methoxy groups -OCH3 is 1. The van der Waals surface area contributed by atoms with Crippen LogP contribution in [0, 0.1) is 0 Å². The molecule has 3 rings (SSSR count). The van der Waals surface area contributed by atoms with Gasteiger partial charge < -0.3 is 15.4 Å². The molecule has 0 saturated heterocycles. The van der Waals surface area contributed by atoms with Gasteiger partial charge in [0.15, 0.2) is 5.11 Å². The molecule has 3 aromatic rings. The molecule has 6 heteroatoms. The fourth-order valence-corrected chi connectivity index (χ4v) is 3.25. The number of thiocarbonyl (C=S) groups is 1. The molecule has 0 bridgehead atoms. The molecule has 0 spiro atoms. The second kappa shape index (κ2) is 9.35. The highest BCUT2D eigenvalue weighted by Crippen LogP contribution is 2.24. The summed E-state index contributed by atoms with van der Waals surface area (Å²) in [5.41, 5.74) is 3.09. The minimum absolute atomic E-state index is 0.116. The molecule has 0 aliphatic carbocycles. The fraction of sp³-hybridized carbons (Fsp3) is 0.0909. The first kappa shape index (κ1) is 19.9. The molecule has 142 valence electrons. The minimum atomic E-state index is -0.501. The number of anilines is 1. The van der Waals surface area contributed by atoms with Crippen LogP contribution < -0.4 is 10.6 Å². The van der Waals surface area contributed by atoms with Gasteiger partial charge in [-0.15, -0.1) is 0 Å². The fourth-order valence-electron chi connectivity index (χ4n) is 2.82. The zero-order valence-corrected chi connectivity index (χ0v) is 16.8. The zero-order chi connectivity index (χ0) is 19.9. The Labute approximate surface area is 174 Å². The van der Waals surface area contributed by atoms with E-state index in [2.05, 4.69) is 10.6 Å². The van der Waals surface area contributed by atoms with E-state index in [1.807, 2.05) is 60.7 Å². The van der Waals surface area contributed by atoms with Crippen LogP contribution in [0.3, 0.4) is 0 Å². The first-order valence-corrected chi connectivity index (χ1v) is 9.42. The van der Waals surface area contributed by atoms with Gasteiger partial charge in [0.2, 0.25) is 0 Å². The summed E-state index contributed by atoms with van der Waals surface area (Å²) in [7, 11) is 1.31. The first-order chi connectivity index (χ1) is 13.6. The molecule has 0 saturated carbocycles. The average molecular weight is 411 g/mol. The SMILES string of the molecule is COC(=O)c1cc(NC(=S)NC(c2ccccc2)c2ccccc2)ccc1Cl. The first-order valence-electron chi connectivity index (χ1n) is 8.64. The van der Waals surface area contributed by atoms with Crippen LogP contribution in [0.15, 0.2) is 78.9 Å². The normalized spacial score (nSPS) is 10.4. The van der Waals surface area contributed by atoms with Crippen LogP contribution in [-0.4, -0.2) is 18.2 Å². The van der Waals surface area contributed by atoms with Crippen LogP contribution in [0.1, 0.15) is 27.5 Å². The number of halogens is 1. The lowest BCUT2D eigenvalue weighted by molar-refractivity contribution is 0.0601. The topological polar surface area (TPSA) is 50.4 Å². The predicted molar refractivity (Wildman–Crippen MR) is 117 cm³/mol.